The summed E-state index contributed by atoms with van der Waals surface area (Å²) >= 11 is 0. The minimum absolute atomic E-state index is 0.326. The van der Waals surface area contributed by atoms with Crippen molar-refractivity contribution in [2.45, 2.75) is 38.6 Å². The van der Waals surface area contributed by atoms with E-state index in [4.69, 9.17) is 0 Å². The first kappa shape index (κ1) is 12.8. The van der Waals surface area contributed by atoms with Crippen LogP contribution in [0.5, 0.6) is 0 Å². The molecule has 0 aliphatic carbocycles. The van der Waals surface area contributed by atoms with Crippen LogP contribution in [0.15, 0.2) is 0 Å². The summed E-state index contributed by atoms with van der Waals surface area (Å²) in [7, 11) is 0. The van der Waals surface area contributed by atoms with Gasteiger partial charge in [0, 0.05) is 32.2 Å². The molecule has 1 N–H and O–H groups in total. The molecule has 2 rings (SSSR count). The zero-order chi connectivity index (χ0) is 12.1. The number of rotatable bonds is 3. The Bertz CT molecular complexity index is 251. The molecular weight excluding hydrogens is 214 g/mol. The fourth-order valence-electron chi connectivity index (χ4n) is 2.92. The molecule has 1 atom stereocenters. The summed E-state index contributed by atoms with van der Waals surface area (Å²) in [5.74, 6) is 0.326. The molecule has 2 aliphatic heterocycles. The van der Waals surface area contributed by atoms with Gasteiger partial charge >= 0.3 is 0 Å². The number of likely N-dealkylation sites (tertiary alicyclic amines) is 1. The molecule has 1 unspecified atom stereocenters. The number of carbonyl (C=O) groups is 1. The Labute approximate surface area is 104 Å². The van der Waals surface area contributed by atoms with E-state index in [-0.39, 0.29) is 0 Å². The van der Waals surface area contributed by atoms with Crippen LogP contribution in [0.3, 0.4) is 0 Å². The fourth-order valence-corrected chi connectivity index (χ4v) is 2.92. The molecule has 98 valence electrons. The van der Waals surface area contributed by atoms with Crippen molar-refractivity contribution in [2.24, 2.45) is 0 Å². The van der Waals surface area contributed by atoms with Crippen molar-refractivity contribution < 1.29 is 4.79 Å². The van der Waals surface area contributed by atoms with Crippen LogP contribution in [-0.2, 0) is 4.79 Å². The van der Waals surface area contributed by atoms with Gasteiger partial charge in [0.25, 0.3) is 0 Å². The van der Waals surface area contributed by atoms with Gasteiger partial charge in [-0.25, -0.2) is 0 Å². The van der Waals surface area contributed by atoms with Gasteiger partial charge in [-0.2, -0.15) is 0 Å². The lowest BCUT2D eigenvalue weighted by Crippen LogP contribution is -2.51. The second-order valence-electron chi connectivity index (χ2n) is 5.16. The maximum atomic E-state index is 12.2. The number of nitrogens with zero attached hydrogens (tertiary/aromatic N) is 2. The van der Waals surface area contributed by atoms with Gasteiger partial charge in [0.2, 0.25) is 5.91 Å². The van der Waals surface area contributed by atoms with Gasteiger partial charge in [0.1, 0.15) is 0 Å². The highest BCUT2D eigenvalue weighted by atomic mass is 16.2. The Morgan fingerprint density at radius 3 is 2.71 bits per heavy atom. The minimum atomic E-state index is 0.326. The Morgan fingerprint density at radius 2 is 2.00 bits per heavy atom. The molecule has 2 aliphatic rings. The Kier molecular flexibility index (Phi) is 4.80. The Morgan fingerprint density at radius 1 is 1.24 bits per heavy atom. The molecule has 0 spiro atoms. The van der Waals surface area contributed by atoms with Crippen molar-refractivity contribution in [1.29, 1.82) is 0 Å². The van der Waals surface area contributed by atoms with E-state index in [1.807, 2.05) is 4.90 Å². The molecule has 2 fully saturated rings. The largest absolute Gasteiger partial charge is 0.339 e. The van der Waals surface area contributed by atoms with Gasteiger partial charge in [0.05, 0.1) is 6.54 Å². The first-order chi connectivity index (χ1) is 8.31. The van der Waals surface area contributed by atoms with Crippen molar-refractivity contribution in [2.75, 3.05) is 39.3 Å². The third-order valence-corrected chi connectivity index (χ3v) is 4.03. The molecule has 0 aromatic rings. The third kappa shape index (κ3) is 3.42. The summed E-state index contributed by atoms with van der Waals surface area (Å²) in [5.41, 5.74) is 0. The molecule has 0 saturated carbocycles. The number of hydrogen-bond acceptors (Lipinski definition) is 3. The second-order valence-corrected chi connectivity index (χ2v) is 5.16. The molecule has 0 bridgehead atoms. The Balaban J connectivity index is 1.83. The van der Waals surface area contributed by atoms with Gasteiger partial charge in [-0.1, -0.05) is 13.3 Å². The lowest BCUT2D eigenvalue weighted by atomic mass is 10.00. The first-order valence-corrected chi connectivity index (χ1v) is 7.04. The summed E-state index contributed by atoms with van der Waals surface area (Å²) in [6.45, 7) is 7.63. The molecule has 0 radical (unpaired) electrons. The number of amides is 1. The average Bonchev–Trinajstić information content (AvgIpc) is 2.40. The SMILES string of the molecule is CCC1CCCCN1CC(=O)N1CCNCC1. The third-order valence-electron chi connectivity index (χ3n) is 4.03. The molecule has 2 heterocycles. The van der Waals surface area contributed by atoms with E-state index in [1.54, 1.807) is 0 Å². The normalized spacial score (nSPS) is 27.1. The summed E-state index contributed by atoms with van der Waals surface area (Å²) in [6.07, 6.45) is 5.03. The molecule has 17 heavy (non-hydrogen) atoms. The molecule has 0 aromatic heterocycles. The molecule has 4 nitrogen and oxygen atoms in total. The summed E-state index contributed by atoms with van der Waals surface area (Å²) in [6, 6.07) is 0.635. The Hall–Kier alpha value is -0.610. The smallest absolute Gasteiger partial charge is 0.236 e. The van der Waals surface area contributed by atoms with Gasteiger partial charge < -0.3 is 10.2 Å². The second kappa shape index (κ2) is 6.36. The summed E-state index contributed by atoms with van der Waals surface area (Å²) in [5, 5.41) is 3.29. The zero-order valence-corrected chi connectivity index (χ0v) is 11.0. The maximum Gasteiger partial charge on any atom is 0.236 e. The van der Waals surface area contributed by atoms with E-state index in [9.17, 15) is 4.79 Å². The number of hydrogen-bond donors (Lipinski definition) is 1. The summed E-state index contributed by atoms with van der Waals surface area (Å²) in [4.78, 5) is 16.6. The van der Waals surface area contributed by atoms with Crippen LogP contribution in [0.1, 0.15) is 32.6 Å². The highest BCUT2D eigenvalue weighted by Crippen LogP contribution is 2.19. The van der Waals surface area contributed by atoms with Crippen LogP contribution in [0.2, 0.25) is 0 Å². The van der Waals surface area contributed by atoms with E-state index >= 15 is 0 Å². The predicted molar refractivity (Wildman–Crippen MR) is 69.0 cm³/mol. The van der Waals surface area contributed by atoms with Crippen LogP contribution < -0.4 is 5.32 Å². The van der Waals surface area contributed by atoms with Gasteiger partial charge in [0.15, 0.2) is 0 Å². The van der Waals surface area contributed by atoms with Crippen molar-refractivity contribution >= 4 is 5.91 Å². The molecule has 2 saturated heterocycles. The predicted octanol–water partition coefficient (Wildman–Crippen LogP) is 0.683. The lowest BCUT2D eigenvalue weighted by molar-refractivity contribution is -0.134. The monoisotopic (exact) mass is 239 g/mol. The molecule has 4 heteroatoms. The van der Waals surface area contributed by atoms with E-state index in [1.165, 1.54) is 25.7 Å². The van der Waals surface area contributed by atoms with E-state index in [0.29, 0.717) is 18.5 Å². The van der Waals surface area contributed by atoms with Gasteiger partial charge in [-0.05, 0) is 25.8 Å². The number of piperidine rings is 1. The molecule has 0 aromatic carbocycles. The first-order valence-electron chi connectivity index (χ1n) is 7.04. The quantitative estimate of drug-likeness (QED) is 0.787. The lowest BCUT2D eigenvalue weighted by Gasteiger charge is -2.36. The zero-order valence-electron chi connectivity index (χ0n) is 11.0. The number of nitrogens with one attached hydrogen (secondary N) is 1. The molecular formula is C13H25N3O. The van der Waals surface area contributed by atoms with Crippen molar-refractivity contribution in [1.82, 2.24) is 15.1 Å². The van der Waals surface area contributed by atoms with Gasteiger partial charge in [-0.3, -0.25) is 9.69 Å². The topological polar surface area (TPSA) is 35.6 Å². The van der Waals surface area contributed by atoms with Crippen LogP contribution >= 0.6 is 0 Å². The van der Waals surface area contributed by atoms with Crippen molar-refractivity contribution in [3.05, 3.63) is 0 Å². The molecule has 1 amide bonds. The van der Waals surface area contributed by atoms with Crippen molar-refractivity contribution in [3.8, 4) is 0 Å². The average molecular weight is 239 g/mol. The van der Waals surface area contributed by atoms with E-state index in [0.717, 1.165) is 32.7 Å². The minimum Gasteiger partial charge on any atom is -0.339 e. The number of piperazine rings is 1. The van der Waals surface area contributed by atoms with Gasteiger partial charge in [-0.15, -0.1) is 0 Å². The highest BCUT2D eigenvalue weighted by Gasteiger charge is 2.25. The van der Waals surface area contributed by atoms with Crippen molar-refractivity contribution in [3.63, 3.8) is 0 Å². The standard InChI is InChI=1S/C13H25N3O/c1-2-12-5-3-4-8-16(12)11-13(17)15-9-6-14-7-10-15/h12,14H,2-11H2,1H3. The van der Waals surface area contributed by atoms with E-state index < -0.39 is 0 Å². The maximum absolute atomic E-state index is 12.2. The number of carbonyl (C=O) groups excluding carboxylic acids is 1. The highest BCUT2D eigenvalue weighted by molar-refractivity contribution is 5.78. The summed E-state index contributed by atoms with van der Waals surface area (Å²) < 4.78 is 0. The van der Waals surface area contributed by atoms with Crippen LogP contribution in [-0.4, -0.2) is 61.0 Å². The van der Waals surface area contributed by atoms with Crippen LogP contribution in [0.4, 0.5) is 0 Å². The fraction of sp³-hybridized carbons (Fsp3) is 0.923. The van der Waals surface area contributed by atoms with Crippen LogP contribution in [0, 0.1) is 0 Å². The van der Waals surface area contributed by atoms with E-state index in [2.05, 4.69) is 17.1 Å². The van der Waals surface area contributed by atoms with Crippen LogP contribution in [0.25, 0.3) is 0 Å².